The van der Waals surface area contributed by atoms with Crippen LogP contribution in [0, 0.1) is 6.92 Å². The van der Waals surface area contributed by atoms with E-state index in [2.05, 4.69) is 20.5 Å². The molecule has 2 aromatic carbocycles. The van der Waals surface area contributed by atoms with Crippen LogP contribution >= 0.6 is 11.8 Å². The standard InChI is InChI=1S/C18H16N4O2S/c1-12-17(24)20-18(22-21-12)25-11-16(23)19-15-10-6-5-9-14(15)13-7-3-2-4-8-13/h2-10H,11H2,1H3,(H,19,23)(H,20,22,24). The van der Waals surface area contributed by atoms with Crippen LogP contribution in [-0.2, 0) is 4.79 Å². The van der Waals surface area contributed by atoms with Crippen molar-refractivity contribution in [3.8, 4) is 11.1 Å². The summed E-state index contributed by atoms with van der Waals surface area (Å²) in [6, 6.07) is 17.5. The lowest BCUT2D eigenvalue weighted by Crippen LogP contribution is -2.17. The number of rotatable bonds is 5. The Labute approximate surface area is 148 Å². The highest BCUT2D eigenvalue weighted by Gasteiger charge is 2.10. The minimum absolute atomic E-state index is 0.122. The molecule has 3 aromatic rings. The first-order chi connectivity index (χ1) is 12.1. The number of carbonyl (C=O) groups excluding carboxylic acids is 1. The number of hydrogen-bond acceptors (Lipinski definition) is 5. The average molecular weight is 352 g/mol. The number of aromatic nitrogens is 3. The van der Waals surface area contributed by atoms with Gasteiger partial charge in [-0.05, 0) is 18.6 Å². The van der Waals surface area contributed by atoms with Crippen molar-refractivity contribution in [1.82, 2.24) is 15.2 Å². The van der Waals surface area contributed by atoms with Crippen molar-refractivity contribution in [3.05, 3.63) is 70.6 Å². The fraction of sp³-hybridized carbons (Fsp3) is 0.111. The molecule has 25 heavy (non-hydrogen) atoms. The van der Waals surface area contributed by atoms with Crippen LogP contribution in [0.4, 0.5) is 5.69 Å². The molecule has 0 fully saturated rings. The molecule has 126 valence electrons. The molecule has 0 saturated heterocycles. The number of amides is 1. The summed E-state index contributed by atoms with van der Waals surface area (Å²) in [6.45, 7) is 1.58. The number of nitrogens with one attached hydrogen (secondary N) is 2. The van der Waals surface area contributed by atoms with Gasteiger partial charge in [0.1, 0.15) is 5.69 Å². The van der Waals surface area contributed by atoms with Crippen molar-refractivity contribution in [2.75, 3.05) is 11.1 Å². The number of H-pyrrole nitrogens is 1. The molecule has 6 nitrogen and oxygen atoms in total. The zero-order valence-corrected chi connectivity index (χ0v) is 14.3. The molecule has 3 rings (SSSR count). The summed E-state index contributed by atoms with van der Waals surface area (Å²) >= 11 is 1.13. The first kappa shape index (κ1) is 16.9. The van der Waals surface area contributed by atoms with Gasteiger partial charge in [-0.2, -0.15) is 0 Å². The highest BCUT2D eigenvalue weighted by atomic mass is 32.2. The van der Waals surface area contributed by atoms with Gasteiger partial charge in [-0.3, -0.25) is 14.6 Å². The quantitative estimate of drug-likeness (QED) is 0.690. The molecule has 2 N–H and O–H groups in total. The van der Waals surface area contributed by atoms with Gasteiger partial charge in [0.25, 0.3) is 5.56 Å². The molecule has 0 saturated carbocycles. The fourth-order valence-electron chi connectivity index (χ4n) is 2.23. The molecule has 0 unspecified atom stereocenters. The second-order valence-corrected chi connectivity index (χ2v) is 6.26. The van der Waals surface area contributed by atoms with Crippen LogP contribution in [-0.4, -0.2) is 26.8 Å². The van der Waals surface area contributed by atoms with Crippen molar-refractivity contribution >= 4 is 23.4 Å². The van der Waals surface area contributed by atoms with E-state index in [1.165, 1.54) is 0 Å². The lowest BCUT2D eigenvalue weighted by molar-refractivity contribution is -0.113. The zero-order chi connectivity index (χ0) is 17.6. The van der Waals surface area contributed by atoms with Crippen molar-refractivity contribution in [2.24, 2.45) is 0 Å². The molecule has 7 heteroatoms. The third-order valence-electron chi connectivity index (χ3n) is 3.47. The number of nitrogens with zero attached hydrogens (tertiary/aromatic N) is 2. The van der Waals surface area contributed by atoms with Crippen molar-refractivity contribution in [3.63, 3.8) is 0 Å². The predicted octanol–water partition coefficient (Wildman–Crippen LogP) is 2.87. The Morgan fingerprint density at radius 2 is 1.80 bits per heavy atom. The van der Waals surface area contributed by atoms with E-state index in [1.54, 1.807) is 6.92 Å². The van der Waals surface area contributed by atoms with Crippen LogP contribution in [0.1, 0.15) is 5.69 Å². The Morgan fingerprint density at radius 1 is 1.08 bits per heavy atom. The first-order valence-electron chi connectivity index (χ1n) is 7.64. The molecule has 0 spiro atoms. The zero-order valence-electron chi connectivity index (χ0n) is 13.5. The molecule has 0 bridgehead atoms. The summed E-state index contributed by atoms with van der Waals surface area (Å²) < 4.78 is 0. The Kier molecular flexibility index (Phi) is 5.25. The highest BCUT2D eigenvalue weighted by molar-refractivity contribution is 7.99. The van der Waals surface area contributed by atoms with Gasteiger partial charge in [0.2, 0.25) is 5.91 Å². The summed E-state index contributed by atoms with van der Waals surface area (Å²) in [5, 5.41) is 10.8. The number of benzene rings is 2. The van der Waals surface area contributed by atoms with E-state index < -0.39 is 0 Å². The molecule has 1 amide bonds. The molecular formula is C18H16N4O2S. The van der Waals surface area contributed by atoms with Gasteiger partial charge in [-0.15, -0.1) is 10.2 Å². The number of aromatic amines is 1. The Hall–Kier alpha value is -2.93. The summed E-state index contributed by atoms with van der Waals surface area (Å²) in [7, 11) is 0. The van der Waals surface area contributed by atoms with Crippen LogP contribution in [0.5, 0.6) is 0 Å². The van der Waals surface area contributed by atoms with Crippen molar-refractivity contribution in [1.29, 1.82) is 0 Å². The second-order valence-electron chi connectivity index (χ2n) is 5.29. The maximum Gasteiger partial charge on any atom is 0.273 e. The lowest BCUT2D eigenvalue weighted by Gasteiger charge is -2.11. The SMILES string of the molecule is Cc1nnc(SCC(=O)Nc2ccccc2-c2ccccc2)[nH]c1=O. The lowest BCUT2D eigenvalue weighted by atomic mass is 10.0. The summed E-state index contributed by atoms with van der Waals surface area (Å²) in [5.74, 6) is -0.0619. The van der Waals surface area contributed by atoms with Crippen LogP contribution in [0.25, 0.3) is 11.1 Å². The van der Waals surface area contributed by atoms with Crippen LogP contribution in [0.15, 0.2) is 64.5 Å². The van der Waals surface area contributed by atoms with Gasteiger partial charge in [0.05, 0.1) is 5.75 Å². The van der Waals surface area contributed by atoms with E-state index in [-0.39, 0.29) is 17.2 Å². The minimum Gasteiger partial charge on any atom is -0.325 e. The number of carbonyl (C=O) groups is 1. The fourth-order valence-corrected chi connectivity index (χ4v) is 2.83. The maximum absolute atomic E-state index is 12.2. The summed E-state index contributed by atoms with van der Waals surface area (Å²) in [4.78, 5) is 26.3. The van der Waals surface area contributed by atoms with E-state index in [1.807, 2.05) is 54.6 Å². The largest absolute Gasteiger partial charge is 0.325 e. The molecular weight excluding hydrogens is 336 g/mol. The third-order valence-corrected chi connectivity index (χ3v) is 4.33. The predicted molar refractivity (Wildman–Crippen MR) is 98.6 cm³/mol. The maximum atomic E-state index is 12.2. The molecule has 1 heterocycles. The highest BCUT2D eigenvalue weighted by Crippen LogP contribution is 2.27. The number of thioether (sulfide) groups is 1. The average Bonchev–Trinajstić information content (AvgIpc) is 2.64. The van der Waals surface area contributed by atoms with Gasteiger partial charge in [-0.1, -0.05) is 60.3 Å². The molecule has 0 aliphatic rings. The number of para-hydroxylation sites is 1. The van der Waals surface area contributed by atoms with Gasteiger partial charge >= 0.3 is 0 Å². The number of hydrogen-bond donors (Lipinski definition) is 2. The normalized spacial score (nSPS) is 10.4. The van der Waals surface area contributed by atoms with E-state index in [9.17, 15) is 9.59 Å². The molecule has 0 radical (unpaired) electrons. The molecule has 0 aliphatic heterocycles. The Bertz CT molecular complexity index is 941. The van der Waals surface area contributed by atoms with Crippen molar-refractivity contribution in [2.45, 2.75) is 12.1 Å². The van der Waals surface area contributed by atoms with Crippen LogP contribution < -0.4 is 10.9 Å². The second kappa shape index (κ2) is 7.76. The number of anilines is 1. The third kappa shape index (κ3) is 4.33. The van der Waals surface area contributed by atoms with Gasteiger partial charge in [0.15, 0.2) is 5.16 Å². The molecule has 0 atom stereocenters. The summed E-state index contributed by atoms with van der Waals surface area (Å²) in [5.41, 5.74) is 2.71. The van der Waals surface area contributed by atoms with Gasteiger partial charge in [0, 0.05) is 11.3 Å². The van der Waals surface area contributed by atoms with E-state index in [0.717, 1.165) is 28.6 Å². The van der Waals surface area contributed by atoms with E-state index >= 15 is 0 Å². The Balaban J connectivity index is 1.69. The van der Waals surface area contributed by atoms with Gasteiger partial charge in [-0.25, -0.2) is 0 Å². The molecule has 1 aromatic heterocycles. The van der Waals surface area contributed by atoms with Crippen LogP contribution in [0.3, 0.4) is 0 Å². The topological polar surface area (TPSA) is 87.7 Å². The summed E-state index contributed by atoms with van der Waals surface area (Å²) in [6.07, 6.45) is 0. The van der Waals surface area contributed by atoms with Crippen molar-refractivity contribution < 1.29 is 4.79 Å². The molecule has 0 aliphatic carbocycles. The van der Waals surface area contributed by atoms with E-state index in [0.29, 0.717) is 10.9 Å². The Morgan fingerprint density at radius 3 is 2.56 bits per heavy atom. The monoisotopic (exact) mass is 352 g/mol. The van der Waals surface area contributed by atoms with E-state index in [4.69, 9.17) is 0 Å². The van der Waals surface area contributed by atoms with Crippen LogP contribution in [0.2, 0.25) is 0 Å². The smallest absolute Gasteiger partial charge is 0.273 e. The minimum atomic E-state index is -0.299. The van der Waals surface area contributed by atoms with Gasteiger partial charge < -0.3 is 5.32 Å². The number of aryl methyl sites for hydroxylation is 1. The first-order valence-corrected chi connectivity index (χ1v) is 8.63.